The molecule has 2 aromatic rings. The van der Waals surface area contributed by atoms with Crippen LogP contribution in [0.4, 0.5) is 4.39 Å². The van der Waals surface area contributed by atoms with E-state index in [0.29, 0.717) is 11.1 Å². The molecule has 122 valence electrons. The predicted molar refractivity (Wildman–Crippen MR) is 81.6 cm³/mol. The molecular formula is C16H18FN3O3. The van der Waals surface area contributed by atoms with Gasteiger partial charge < -0.3 is 10.4 Å². The van der Waals surface area contributed by atoms with Crippen LogP contribution in [0.15, 0.2) is 30.5 Å². The molecule has 1 aromatic carbocycles. The minimum atomic E-state index is -1.27. The van der Waals surface area contributed by atoms with Crippen molar-refractivity contribution < 1.29 is 19.1 Å². The Morgan fingerprint density at radius 1 is 1.30 bits per heavy atom. The second-order valence-electron chi connectivity index (χ2n) is 5.53. The van der Waals surface area contributed by atoms with E-state index in [9.17, 15) is 19.1 Å². The van der Waals surface area contributed by atoms with Gasteiger partial charge in [-0.25, -0.2) is 9.18 Å². The van der Waals surface area contributed by atoms with Crippen LogP contribution in [0.5, 0.6) is 0 Å². The number of carboxylic acid groups (broad SMARTS) is 1. The van der Waals surface area contributed by atoms with Gasteiger partial charge in [0.25, 0.3) is 5.91 Å². The first-order valence-corrected chi connectivity index (χ1v) is 7.14. The fourth-order valence-corrected chi connectivity index (χ4v) is 2.09. The molecule has 0 spiro atoms. The smallest absolute Gasteiger partial charge is 0.330 e. The number of hydrogen-bond acceptors (Lipinski definition) is 3. The van der Waals surface area contributed by atoms with Gasteiger partial charge in [-0.1, -0.05) is 12.1 Å². The van der Waals surface area contributed by atoms with E-state index in [0.717, 1.165) is 0 Å². The molecule has 0 radical (unpaired) electrons. The van der Waals surface area contributed by atoms with E-state index in [1.54, 1.807) is 10.9 Å². The van der Waals surface area contributed by atoms with Crippen molar-refractivity contribution in [1.82, 2.24) is 15.1 Å². The lowest BCUT2D eigenvalue weighted by molar-refractivity contribution is -0.139. The monoisotopic (exact) mass is 319 g/mol. The van der Waals surface area contributed by atoms with Crippen LogP contribution in [0.3, 0.4) is 0 Å². The van der Waals surface area contributed by atoms with Crippen LogP contribution in [-0.2, 0) is 4.79 Å². The molecule has 0 fully saturated rings. The average molecular weight is 319 g/mol. The van der Waals surface area contributed by atoms with Crippen molar-refractivity contribution in [2.75, 3.05) is 0 Å². The minimum Gasteiger partial charge on any atom is -0.479 e. The summed E-state index contributed by atoms with van der Waals surface area (Å²) < 4.78 is 14.9. The minimum absolute atomic E-state index is 0.0894. The van der Waals surface area contributed by atoms with Crippen molar-refractivity contribution in [1.29, 1.82) is 0 Å². The third-order valence-electron chi connectivity index (χ3n) is 3.41. The number of aliphatic carboxylic acids is 1. The highest BCUT2D eigenvalue weighted by atomic mass is 19.1. The number of aromatic nitrogens is 2. The number of carbonyl (C=O) groups is 2. The highest BCUT2D eigenvalue weighted by Crippen LogP contribution is 2.18. The molecule has 1 unspecified atom stereocenters. The van der Waals surface area contributed by atoms with E-state index in [4.69, 9.17) is 0 Å². The first-order chi connectivity index (χ1) is 10.8. The summed E-state index contributed by atoms with van der Waals surface area (Å²) >= 11 is 0. The zero-order chi connectivity index (χ0) is 17.1. The van der Waals surface area contributed by atoms with E-state index in [2.05, 4.69) is 10.4 Å². The normalized spacial score (nSPS) is 12.2. The molecule has 0 bridgehead atoms. The SMILES string of the molecule is Cc1cc(C(NC(=O)c2ccn(C(C)C)n2)C(=O)O)ccc1F. The topological polar surface area (TPSA) is 84.2 Å². The summed E-state index contributed by atoms with van der Waals surface area (Å²) in [5.41, 5.74) is 0.740. The molecule has 2 rings (SSSR count). The number of carboxylic acids is 1. The van der Waals surface area contributed by atoms with Gasteiger partial charge in [0.1, 0.15) is 11.5 Å². The van der Waals surface area contributed by atoms with Crippen molar-refractivity contribution in [3.8, 4) is 0 Å². The molecule has 0 aliphatic rings. The summed E-state index contributed by atoms with van der Waals surface area (Å²) in [6, 6.07) is 4.26. The van der Waals surface area contributed by atoms with Crippen LogP contribution in [-0.4, -0.2) is 26.8 Å². The van der Waals surface area contributed by atoms with Crippen molar-refractivity contribution in [2.24, 2.45) is 0 Å². The Bertz CT molecular complexity index is 740. The van der Waals surface area contributed by atoms with Crippen LogP contribution in [0.25, 0.3) is 0 Å². The summed E-state index contributed by atoms with van der Waals surface area (Å²) in [5.74, 6) is -2.26. The lowest BCUT2D eigenvalue weighted by Crippen LogP contribution is -2.34. The average Bonchev–Trinajstić information content (AvgIpc) is 2.97. The van der Waals surface area contributed by atoms with E-state index < -0.39 is 23.7 Å². The number of aryl methyl sites for hydroxylation is 1. The van der Waals surface area contributed by atoms with Gasteiger partial charge in [0.2, 0.25) is 0 Å². The Morgan fingerprint density at radius 2 is 2.00 bits per heavy atom. The number of rotatable bonds is 5. The number of hydrogen-bond donors (Lipinski definition) is 2. The molecule has 0 aliphatic heterocycles. The predicted octanol–water partition coefficient (Wildman–Crippen LogP) is 2.47. The second kappa shape index (κ2) is 6.60. The van der Waals surface area contributed by atoms with Gasteiger partial charge >= 0.3 is 5.97 Å². The van der Waals surface area contributed by atoms with Crippen LogP contribution in [0.1, 0.15) is 47.5 Å². The van der Waals surface area contributed by atoms with Crippen LogP contribution in [0.2, 0.25) is 0 Å². The molecule has 0 saturated carbocycles. The van der Waals surface area contributed by atoms with Gasteiger partial charge in [0, 0.05) is 12.2 Å². The lowest BCUT2D eigenvalue weighted by atomic mass is 10.0. The van der Waals surface area contributed by atoms with Crippen molar-refractivity contribution >= 4 is 11.9 Å². The third-order valence-corrected chi connectivity index (χ3v) is 3.41. The zero-order valence-corrected chi connectivity index (χ0v) is 13.1. The summed E-state index contributed by atoms with van der Waals surface area (Å²) in [5, 5.41) is 15.9. The van der Waals surface area contributed by atoms with Crippen LogP contribution in [0, 0.1) is 12.7 Å². The maximum atomic E-state index is 13.3. The molecule has 7 heteroatoms. The van der Waals surface area contributed by atoms with E-state index in [1.807, 2.05) is 13.8 Å². The molecule has 1 heterocycles. The summed E-state index contributed by atoms with van der Waals surface area (Å²) in [6.07, 6.45) is 1.65. The van der Waals surface area contributed by atoms with E-state index in [-0.39, 0.29) is 11.7 Å². The van der Waals surface area contributed by atoms with Gasteiger partial charge in [-0.3, -0.25) is 9.48 Å². The Kier molecular flexibility index (Phi) is 4.78. The van der Waals surface area contributed by atoms with Crippen molar-refractivity contribution in [3.63, 3.8) is 0 Å². The molecule has 23 heavy (non-hydrogen) atoms. The molecule has 1 amide bonds. The molecular weight excluding hydrogens is 301 g/mol. The molecule has 0 saturated heterocycles. The zero-order valence-electron chi connectivity index (χ0n) is 13.1. The Hall–Kier alpha value is -2.70. The Balaban J connectivity index is 2.23. The van der Waals surface area contributed by atoms with Gasteiger partial charge in [0.15, 0.2) is 6.04 Å². The molecule has 1 aromatic heterocycles. The summed E-state index contributed by atoms with van der Waals surface area (Å²) in [7, 11) is 0. The highest BCUT2D eigenvalue weighted by molar-refractivity contribution is 5.95. The largest absolute Gasteiger partial charge is 0.479 e. The van der Waals surface area contributed by atoms with Crippen LogP contribution >= 0.6 is 0 Å². The fourth-order valence-electron chi connectivity index (χ4n) is 2.09. The first kappa shape index (κ1) is 16.7. The number of carbonyl (C=O) groups excluding carboxylic acids is 1. The third kappa shape index (κ3) is 3.74. The number of nitrogens with one attached hydrogen (secondary N) is 1. The number of benzene rings is 1. The summed E-state index contributed by atoms with van der Waals surface area (Å²) in [4.78, 5) is 23.6. The van der Waals surface area contributed by atoms with Crippen molar-refractivity contribution in [3.05, 3.63) is 53.1 Å². The van der Waals surface area contributed by atoms with Gasteiger partial charge in [-0.15, -0.1) is 0 Å². The number of amides is 1. The Morgan fingerprint density at radius 3 is 2.52 bits per heavy atom. The Labute approximate surface area is 132 Å². The maximum Gasteiger partial charge on any atom is 0.330 e. The second-order valence-corrected chi connectivity index (χ2v) is 5.53. The number of halogens is 1. The van der Waals surface area contributed by atoms with Crippen molar-refractivity contribution in [2.45, 2.75) is 32.9 Å². The van der Waals surface area contributed by atoms with E-state index in [1.165, 1.54) is 31.2 Å². The van der Waals surface area contributed by atoms with Gasteiger partial charge in [-0.2, -0.15) is 5.10 Å². The number of nitrogens with zero attached hydrogens (tertiary/aromatic N) is 2. The highest BCUT2D eigenvalue weighted by Gasteiger charge is 2.24. The standard InChI is InChI=1S/C16H18FN3O3/c1-9(2)20-7-6-13(19-20)15(21)18-14(16(22)23)11-4-5-12(17)10(3)8-11/h4-9,14H,1-3H3,(H,18,21)(H,22,23). The quantitative estimate of drug-likeness (QED) is 0.886. The molecule has 1 atom stereocenters. The van der Waals surface area contributed by atoms with Gasteiger partial charge in [0.05, 0.1) is 0 Å². The lowest BCUT2D eigenvalue weighted by Gasteiger charge is -2.15. The van der Waals surface area contributed by atoms with Crippen LogP contribution < -0.4 is 5.32 Å². The van der Waals surface area contributed by atoms with Gasteiger partial charge in [-0.05, 0) is 44.0 Å². The maximum absolute atomic E-state index is 13.3. The molecule has 0 aliphatic carbocycles. The fraction of sp³-hybridized carbons (Fsp3) is 0.312. The summed E-state index contributed by atoms with van der Waals surface area (Å²) in [6.45, 7) is 5.36. The molecule has 2 N–H and O–H groups in total. The first-order valence-electron chi connectivity index (χ1n) is 7.14. The van der Waals surface area contributed by atoms with E-state index >= 15 is 0 Å². The molecule has 6 nitrogen and oxygen atoms in total.